The molecule has 3 heteroatoms. The third-order valence-corrected chi connectivity index (χ3v) is 6.16. The lowest BCUT2D eigenvalue weighted by molar-refractivity contribution is 0.608. The van der Waals surface area contributed by atoms with Gasteiger partial charge in [-0.2, -0.15) is 0 Å². The van der Waals surface area contributed by atoms with Crippen molar-refractivity contribution in [1.82, 2.24) is 0 Å². The maximum absolute atomic E-state index is 5.44. The van der Waals surface area contributed by atoms with E-state index in [1.54, 1.807) is 0 Å². The molecule has 0 aliphatic carbocycles. The Morgan fingerprint density at radius 3 is 2.12 bits per heavy atom. The summed E-state index contributed by atoms with van der Waals surface area (Å²) >= 11 is 0.238. The fourth-order valence-electron chi connectivity index (χ4n) is 0.910. The molecule has 0 atom stereocenters. The molecule has 0 heterocycles. The molecule has 0 rings (SSSR count). The van der Waals surface area contributed by atoms with Crippen LogP contribution in [0.5, 0.6) is 0 Å². The zero-order valence-corrected chi connectivity index (χ0v) is 9.42. The molecule has 0 spiro atoms. The van der Waals surface area contributed by atoms with Crippen molar-refractivity contribution in [3.63, 3.8) is 0 Å². The quantitative estimate of drug-likeness (QED) is 0.536. The summed E-state index contributed by atoms with van der Waals surface area (Å²) in [6.07, 6.45) is 0. The first-order valence-corrected chi connectivity index (χ1v) is 6.02. The van der Waals surface area contributed by atoms with Gasteiger partial charge in [0.2, 0.25) is 0 Å². The first-order valence-electron chi connectivity index (χ1n) is 3.25. The fourth-order valence-corrected chi connectivity index (χ4v) is 5.36. The average molecular weight is 144 g/mol. The SMILES string of the molecule is C[CH2][Al]([O][AlH2])[CH](C)C. The smallest absolute Gasteiger partial charge is 0.432 e. The Morgan fingerprint density at radius 1 is 1.62 bits per heavy atom. The van der Waals surface area contributed by atoms with Gasteiger partial charge in [0.05, 0.1) is 0 Å². The van der Waals surface area contributed by atoms with E-state index in [9.17, 15) is 0 Å². The lowest BCUT2D eigenvalue weighted by Gasteiger charge is -2.10. The summed E-state index contributed by atoms with van der Waals surface area (Å²) < 4.78 is 6.27. The molecule has 0 aromatic carbocycles. The van der Waals surface area contributed by atoms with Gasteiger partial charge in [-0.15, -0.1) is 0 Å². The summed E-state index contributed by atoms with van der Waals surface area (Å²) in [5.74, 6) is 0. The fraction of sp³-hybridized carbons (Fsp3) is 1.00. The topological polar surface area (TPSA) is 9.23 Å². The molecule has 0 aromatic heterocycles. The van der Waals surface area contributed by atoms with Crippen LogP contribution < -0.4 is 0 Å². The standard InChI is InChI=1S/C3H7.C2H5.2Al.O.2H/c1-3-2;1-2;;;;;/h3H,1-2H3;1H2,2H3;;;;;. The lowest BCUT2D eigenvalue weighted by atomic mass is 10.6. The summed E-state index contributed by atoms with van der Waals surface area (Å²) in [5, 5.41) is 1.29. The van der Waals surface area contributed by atoms with Crippen molar-refractivity contribution < 1.29 is 2.84 Å². The van der Waals surface area contributed by atoms with Crippen LogP contribution in [0.4, 0.5) is 0 Å². The molecule has 0 N–H and O–H groups in total. The molecule has 0 aromatic rings. The Kier molecular flexibility index (Phi) is 5.49. The highest BCUT2D eigenvalue weighted by molar-refractivity contribution is 6.56. The molecule has 0 fully saturated rings. The van der Waals surface area contributed by atoms with E-state index in [1.165, 1.54) is 5.28 Å². The van der Waals surface area contributed by atoms with Crippen molar-refractivity contribution >= 4 is 31.1 Å². The number of hydrogen-bond donors (Lipinski definition) is 0. The van der Waals surface area contributed by atoms with Gasteiger partial charge in [-0.1, -0.05) is 30.8 Å². The molecule has 0 aliphatic heterocycles. The zero-order valence-electron chi connectivity index (χ0n) is 6.27. The minimum atomic E-state index is -0.704. The lowest BCUT2D eigenvalue weighted by Crippen LogP contribution is -2.18. The Balaban J connectivity index is 3.35. The van der Waals surface area contributed by atoms with Crippen molar-refractivity contribution in [3.05, 3.63) is 0 Å². The van der Waals surface area contributed by atoms with E-state index < -0.39 is 14.5 Å². The minimum Gasteiger partial charge on any atom is -0.642 e. The first kappa shape index (κ1) is 9.02. The van der Waals surface area contributed by atoms with Crippen molar-refractivity contribution in [2.45, 2.75) is 30.8 Å². The van der Waals surface area contributed by atoms with Crippen LogP contribution in [0.15, 0.2) is 0 Å². The molecule has 1 nitrogen and oxygen atoms in total. The van der Waals surface area contributed by atoms with E-state index >= 15 is 0 Å². The Bertz CT molecular complexity index is 52.4. The molecule has 8 heavy (non-hydrogen) atoms. The van der Waals surface area contributed by atoms with Gasteiger partial charge in [-0.25, -0.2) is 0 Å². The van der Waals surface area contributed by atoms with Crippen LogP contribution in [0, 0.1) is 0 Å². The van der Waals surface area contributed by atoms with Gasteiger partial charge in [-0.05, 0) is 0 Å². The van der Waals surface area contributed by atoms with E-state index in [4.69, 9.17) is 2.84 Å². The highest BCUT2D eigenvalue weighted by Crippen LogP contribution is 2.10. The summed E-state index contributed by atoms with van der Waals surface area (Å²) in [6.45, 7) is 6.76. The van der Waals surface area contributed by atoms with Gasteiger partial charge >= 0.3 is 31.1 Å². The molecule has 0 aliphatic rings. The van der Waals surface area contributed by atoms with Crippen molar-refractivity contribution in [3.8, 4) is 0 Å². The van der Waals surface area contributed by atoms with Gasteiger partial charge in [0.25, 0.3) is 0 Å². The van der Waals surface area contributed by atoms with Crippen LogP contribution >= 0.6 is 0 Å². The minimum absolute atomic E-state index is 0.704. The van der Waals surface area contributed by atoms with Crippen LogP contribution in [0.1, 0.15) is 20.8 Å². The van der Waals surface area contributed by atoms with E-state index in [0.29, 0.717) is 0 Å². The summed E-state index contributed by atoms with van der Waals surface area (Å²) in [5.41, 5.74) is 0. The maximum Gasteiger partial charge on any atom is 0.432 e. The Morgan fingerprint density at radius 2 is 2.12 bits per heavy atom. The highest BCUT2D eigenvalue weighted by Gasteiger charge is 2.18. The van der Waals surface area contributed by atoms with Crippen LogP contribution in [0.25, 0.3) is 0 Å². The second-order valence-electron chi connectivity index (χ2n) is 2.43. The maximum atomic E-state index is 5.44. The van der Waals surface area contributed by atoms with Crippen molar-refractivity contribution in [2.24, 2.45) is 0 Å². The molecule has 0 saturated carbocycles. The van der Waals surface area contributed by atoms with E-state index in [-0.39, 0.29) is 0 Å². The summed E-state index contributed by atoms with van der Waals surface area (Å²) in [7, 11) is 0. The van der Waals surface area contributed by atoms with E-state index in [0.717, 1.165) is 21.4 Å². The number of rotatable bonds is 3. The van der Waals surface area contributed by atoms with Gasteiger partial charge in [0.15, 0.2) is 0 Å². The van der Waals surface area contributed by atoms with Crippen LogP contribution in [0.2, 0.25) is 10.1 Å². The Hall–Kier alpha value is 1.02. The number of hydrogen-bond acceptors (Lipinski definition) is 1. The van der Waals surface area contributed by atoms with Gasteiger partial charge < -0.3 is 2.84 Å². The zero-order chi connectivity index (χ0) is 6.57. The third kappa shape index (κ3) is 3.13. The largest absolute Gasteiger partial charge is 0.642 e. The average Bonchev–Trinajstić information content (AvgIpc) is 1.69. The summed E-state index contributed by atoms with van der Waals surface area (Å²) in [6, 6.07) is 0. The van der Waals surface area contributed by atoms with Crippen LogP contribution in [0.3, 0.4) is 0 Å². The predicted octanol–water partition coefficient (Wildman–Crippen LogP) is 0.972. The second-order valence-corrected chi connectivity index (χ2v) is 7.54. The molecule has 0 bridgehead atoms. The highest BCUT2D eigenvalue weighted by atomic mass is 27.2. The third-order valence-electron chi connectivity index (χ3n) is 1.45. The molecular weight excluding hydrogens is 130 g/mol. The van der Waals surface area contributed by atoms with Crippen molar-refractivity contribution in [1.29, 1.82) is 0 Å². The molecule has 0 radical (unpaired) electrons. The molecule has 0 amide bonds. The van der Waals surface area contributed by atoms with Gasteiger partial charge in [0, 0.05) is 0 Å². The van der Waals surface area contributed by atoms with Gasteiger partial charge in [-0.3, -0.25) is 0 Å². The first-order chi connectivity index (χ1) is 3.72. The van der Waals surface area contributed by atoms with E-state index in [2.05, 4.69) is 20.8 Å². The predicted molar refractivity (Wildman–Crippen MR) is 41.0 cm³/mol. The second kappa shape index (κ2) is 4.86. The Labute approximate surface area is 64.9 Å². The summed E-state index contributed by atoms with van der Waals surface area (Å²) in [4.78, 5) is 0. The molecular formula is C5H14Al2O. The molecule has 0 unspecified atom stereocenters. The van der Waals surface area contributed by atoms with Gasteiger partial charge in [0.1, 0.15) is 0 Å². The van der Waals surface area contributed by atoms with E-state index in [1.807, 2.05) is 0 Å². The van der Waals surface area contributed by atoms with Crippen molar-refractivity contribution in [2.75, 3.05) is 0 Å². The molecule has 0 saturated heterocycles. The van der Waals surface area contributed by atoms with Crippen LogP contribution in [-0.4, -0.2) is 31.1 Å². The normalized spacial score (nSPS) is 10.0. The van der Waals surface area contributed by atoms with Crippen LogP contribution in [-0.2, 0) is 2.84 Å². The molecule has 46 valence electrons. The monoisotopic (exact) mass is 144 g/mol.